The molecule has 0 aliphatic rings. The van der Waals surface area contributed by atoms with Crippen LogP contribution in [0.2, 0.25) is 0 Å². The van der Waals surface area contributed by atoms with E-state index in [-0.39, 0.29) is 0 Å². The Morgan fingerprint density at radius 1 is 1.21 bits per heavy atom. The summed E-state index contributed by atoms with van der Waals surface area (Å²) in [6.07, 6.45) is 0. The molecule has 1 N–H and O–H groups in total. The van der Waals surface area contributed by atoms with E-state index in [0.717, 1.165) is 19.2 Å². The number of hydrogen-bond acceptors (Lipinski definition) is 3. The summed E-state index contributed by atoms with van der Waals surface area (Å²) in [5, 5.41) is 0. The summed E-state index contributed by atoms with van der Waals surface area (Å²) in [5.74, 6) is -3.24. The van der Waals surface area contributed by atoms with Crippen LogP contribution in [0.3, 0.4) is 0 Å². The molecule has 0 aromatic heterocycles. The van der Waals surface area contributed by atoms with Gasteiger partial charge in [-0.15, -0.1) is 0 Å². The first-order chi connectivity index (χ1) is 8.52. The first kappa shape index (κ1) is 15.7. The molecule has 4 nitrogen and oxygen atoms in total. The molecule has 1 rings (SSSR count). The Bertz CT molecular complexity index is 619. The van der Waals surface area contributed by atoms with Crippen LogP contribution in [0.5, 0.6) is 0 Å². The Labute approximate surface area is 110 Å². The first-order valence-electron chi connectivity index (χ1n) is 5.48. The SMILES string of the molecule is CNS(=O)(=O)c1ccc(F)c(C(=O)C(C)(C)C)c1F. The summed E-state index contributed by atoms with van der Waals surface area (Å²) >= 11 is 0. The van der Waals surface area contributed by atoms with Gasteiger partial charge < -0.3 is 0 Å². The van der Waals surface area contributed by atoms with E-state index in [2.05, 4.69) is 0 Å². The van der Waals surface area contributed by atoms with Gasteiger partial charge in [-0.3, -0.25) is 4.79 Å². The Morgan fingerprint density at radius 2 is 1.74 bits per heavy atom. The maximum Gasteiger partial charge on any atom is 0.243 e. The van der Waals surface area contributed by atoms with E-state index in [1.165, 1.54) is 20.8 Å². The predicted molar refractivity (Wildman–Crippen MR) is 66.4 cm³/mol. The van der Waals surface area contributed by atoms with Crippen LogP contribution < -0.4 is 4.72 Å². The number of carbonyl (C=O) groups is 1. The van der Waals surface area contributed by atoms with Gasteiger partial charge in [-0.1, -0.05) is 20.8 Å². The first-order valence-corrected chi connectivity index (χ1v) is 6.97. The van der Waals surface area contributed by atoms with Gasteiger partial charge in [0.2, 0.25) is 10.0 Å². The van der Waals surface area contributed by atoms with Crippen molar-refractivity contribution in [3.63, 3.8) is 0 Å². The Hall–Kier alpha value is -1.34. The van der Waals surface area contributed by atoms with Crippen molar-refractivity contribution in [2.75, 3.05) is 7.05 Å². The number of carbonyl (C=O) groups excluding carboxylic acids is 1. The van der Waals surface area contributed by atoms with E-state index in [0.29, 0.717) is 0 Å². The third kappa shape index (κ3) is 2.98. The smallest absolute Gasteiger partial charge is 0.243 e. The van der Waals surface area contributed by atoms with Gasteiger partial charge in [-0.05, 0) is 19.2 Å². The van der Waals surface area contributed by atoms with E-state index in [1.54, 1.807) is 0 Å². The van der Waals surface area contributed by atoms with Crippen LogP contribution in [-0.2, 0) is 10.0 Å². The molecule has 7 heteroatoms. The average Bonchev–Trinajstić information content (AvgIpc) is 2.27. The third-order valence-electron chi connectivity index (χ3n) is 2.52. The predicted octanol–water partition coefficient (Wildman–Crippen LogP) is 2.10. The molecule has 1 aromatic rings. The van der Waals surface area contributed by atoms with Gasteiger partial charge >= 0.3 is 0 Å². The van der Waals surface area contributed by atoms with Crippen LogP contribution in [0.4, 0.5) is 8.78 Å². The second-order valence-electron chi connectivity index (χ2n) is 5.02. The van der Waals surface area contributed by atoms with Gasteiger partial charge in [0.25, 0.3) is 0 Å². The standard InChI is InChI=1S/C12H15F2NO3S/c1-12(2,3)11(16)9-7(13)5-6-8(10(9)14)19(17,18)15-4/h5-6,15H,1-4H3. The normalized spacial score (nSPS) is 12.5. The lowest BCUT2D eigenvalue weighted by Crippen LogP contribution is -2.26. The van der Waals surface area contributed by atoms with Crippen LogP contribution in [-0.4, -0.2) is 21.2 Å². The molecule has 19 heavy (non-hydrogen) atoms. The van der Waals surface area contributed by atoms with Gasteiger partial charge in [0.1, 0.15) is 10.7 Å². The van der Waals surface area contributed by atoms with Crippen LogP contribution in [0.1, 0.15) is 31.1 Å². The van der Waals surface area contributed by atoms with Crippen molar-refractivity contribution in [2.45, 2.75) is 25.7 Å². The molecule has 0 aliphatic heterocycles. The molecule has 0 amide bonds. The summed E-state index contributed by atoms with van der Waals surface area (Å²) in [4.78, 5) is 11.2. The van der Waals surface area contributed by atoms with Crippen molar-refractivity contribution in [3.8, 4) is 0 Å². The second-order valence-corrected chi connectivity index (χ2v) is 6.88. The molecule has 0 heterocycles. The topological polar surface area (TPSA) is 63.2 Å². The summed E-state index contributed by atoms with van der Waals surface area (Å²) in [6.45, 7) is 4.48. The van der Waals surface area contributed by atoms with E-state index in [1.807, 2.05) is 4.72 Å². The molecule has 0 spiro atoms. The largest absolute Gasteiger partial charge is 0.293 e. The molecule has 0 aliphatic carbocycles. The Morgan fingerprint density at radius 3 is 2.16 bits per heavy atom. The lowest BCUT2D eigenvalue weighted by atomic mass is 9.86. The van der Waals surface area contributed by atoms with Crippen molar-refractivity contribution < 1.29 is 22.0 Å². The summed E-state index contributed by atoms with van der Waals surface area (Å²) in [6, 6.07) is 1.56. The highest BCUT2D eigenvalue weighted by Crippen LogP contribution is 2.27. The minimum absolute atomic E-state index is 0.746. The molecule has 106 valence electrons. The van der Waals surface area contributed by atoms with E-state index in [4.69, 9.17) is 0 Å². The fraction of sp³-hybridized carbons (Fsp3) is 0.417. The number of rotatable bonds is 3. The van der Waals surface area contributed by atoms with Gasteiger partial charge in [0, 0.05) is 5.41 Å². The van der Waals surface area contributed by atoms with Crippen molar-refractivity contribution in [2.24, 2.45) is 5.41 Å². The second kappa shape index (κ2) is 4.97. The van der Waals surface area contributed by atoms with Crippen molar-refractivity contribution in [1.29, 1.82) is 0 Å². The molecule has 0 fully saturated rings. The van der Waals surface area contributed by atoms with Gasteiger partial charge in [0.05, 0.1) is 5.56 Å². The molecule has 0 atom stereocenters. The molecule has 0 saturated heterocycles. The number of benzene rings is 1. The van der Waals surface area contributed by atoms with Crippen molar-refractivity contribution >= 4 is 15.8 Å². The number of hydrogen-bond donors (Lipinski definition) is 1. The maximum absolute atomic E-state index is 14.1. The maximum atomic E-state index is 14.1. The van der Waals surface area contributed by atoms with E-state index >= 15 is 0 Å². The average molecular weight is 291 g/mol. The molecule has 1 aromatic carbocycles. The van der Waals surface area contributed by atoms with E-state index in [9.17, 15) is 22.0 Å². The van der Waals surface area contributed by atoms with E-state index < -0.39 is 43.3 Å². The molecule has 0 radical (unpaired) electrons. The van der Waals surface area contributed by atoms with Crippen LogP contribution in [0.25, 0.3) is 0 Å². The molecule has 0 saturated carbocycles. The fourth-order valence-corrected chi connectivity index (χ4v) is 2.24. The van der Waals surface area contributed by atoms with Crippen molar-refractivity contribution in [1.82, 2.24) is 4.72 Å². The van der Waals surface area contributed by atoms with Crippen molar-refractivity contribution in [3.05, 3.63) is 29.3 Å². The Kier molecular flexibility index (Phi) is 4.11. The summed E-state index contributed by atoms with van der Waals surface area (Å²) < 4.78 is 52.8. The number of Topliss-reactive ketones (excluding diaryl/α,β-unsaturated/α-hetero) is 1. The minimum Gasteiger partial charge on any atom is -0.293 e. The zero-order valence-corrected chi connectivity index (χ0v) is 11.9. The molecular weight excluding hydrogens is 276 g/mol. The third-order valence-corrected chi connectivity index (χ3v) is 3.95. The van der Waals surface area contributed by atoms with Gasteiger partial charge in [0.15, 0.2) is 11.6 Å². The van der Waals surface area contributed by atoms with Crippen LogP contribution >= 0.6 is 0 Å². The molecule has 0 bridgehead atoms. The van der Waals surface area contributed by atoms with Crippen LogP contribution in [0.15, 0.2) is 17.0 Å². The van der Waals surface area contributed by atoms with Gasteiger partial charge in [-0.25, -0.2) is 21.9 Å². The number of halogens is 2. The number of ketones is 1. The monoisotopic (exact) mass is 291 g/mol. The lowest BCUT2D eigenvalue weighted by molar-refractivity contribution is 0.0848. The number of nitrogens with one attached hydrogen (secondary N) is 1. The molecule has 0 unspecified atom stereocenters. The number of sulfonamides is 1. The Balaban J connectivity index is 3.60. The van der Waals surface area contributed by atoms with Crippen LogP contribution in [0, 0.1) is 17.0 Å². The molecular formula is C12H15F2NO3S. The highest BCUT2D eigenvalue weighted by Gasteiger charge is 2.32. The zero-order valence-electron chi connectivity index (χ0n) is 11.0. The lowest BCUT2D eigenvalue weighted by Gasteiger charge is -2.18. The van der Waals surface area contributed by atoms with Gasteiger partial charge in [-0.2, -0.15) is 0 Å². The summed E-state index contributed by atoms with van der Waals surface area (Å²) in [7, 11) is -2.99. The highest BCUT2D eigenvalue weighted by atomic mass is 32.2. The zero-order chi connectivity index (χ0) is 15.0. The fourth-order valence-electron chi connectivity index (χ4n) is 1.43. The highest BCUT2D eigenvalue weighted by molar-refractivity contribution is 7.89. The quantitative estimate of drug-likeness (QED) is 0.867. The minimum atomic E-state index is -4.09. The summed E-state index contributed by atoms with van der Waals surface area (Å²) in [5.41, 5.74) is -1.85.